The second-order valence-corrected chi connectivity index (χ2v) is 3.83. The third kappa shape index (κ3) is 3.83. The number of nitrogens with one attached hydrogen (secondary N) is 2. The highest BCUT2D eigenvalue weighted by molar-refractivity contribution is 5.56. The molecule has 1 rings (SSSR count). The van der Waals surface area contributed by atoms with E-state index in [0.29, 0.717) is 5.82 Å². The molecule has 0 aliphatic rings. The van der Waals surface area contributed by atoms with Crippen LogP contribution in [0.5, 0.6) is 0 Å². The Bertz CT molecular complexity index is 342. The van der Waals surface area contributed by atoms with E-state index in [-0.39, 0.29) is 13.2 Å². The maximum atomic E-state index is 9.01. The summed E-state index contributed by atoms with van der Waals surface area (Å²) in [5, 5.41) is 24.2. The van der Waals surface area contributed by atoms with E-state index in [9.17, 15) is 0 Å². The molecule has 1 aromatic heterocycles. The topological polar surface area (TPSA) is 90.3 Å². The molecule has 0 saturated carbocycles. The van der Waals surface area contributed by atoms with Gasteiger partial charge in [-0.05, 0) is 13.3 Å². The van der Waals surface area contributed by atoms with Crippen LogP contribution in [0.4, 0.5) is 11.6 Å². The molecule has 0 unspecified atom stereocenters. The number of aliphatic hydroxyl groups excluding tert-OH is 2. The standard InChI is InChI=1S/C11H20N4O2/c1-3-4-12-10-8(2)11(14-7-13-10)15-9(5-16)6-17/h7,9,16-17H,3-6H2,1-2H3,(H2,12,13,14,15). The molecule has 0 aromatic carbocycles. The molecule has 6 nitrogen and oxygen atoms in total. The Morgan fingerprint density at radius 3 is 2.47 bits per heavy atom. The minimum absolute atomic E-state index is 0.141. The first-order valence-electron chi connectivity index (χ1n) is 5.76. The maximum Gasteiger partial charge on any atom is 0.134 e. The number of anilines is 2. The summed E-state index contributed by atoms with van der Waals surface area (Å²) in [6, 6.07) is -0.400. The lowest BCUT2D eigenvalue weighted by atomic mass is 10.2. The number of rotatable bonds is 7. The molecule has 0 amide bonds. The molecule has 0 spiro atoms. The van der Waals surface area contributed by atoms with Gasteiger partial charge < -0.3 is 20.8 Å². The van der Waals surface area contributed by atoms with E-state index < -0.39 is 6.04 Å². The van der Waals surface area contributed by atoms with E-state index in [0.717, 1.165) is 24.3 Å². The fourth-order valence-corrected chi connectivity index (χ4v) is 1.36. The molecule has 0 radical (unpaired) electrons. The summed E-state index contributed by atoms with van der Waals surface area (Å²) in [5.74, 6) is 1.41. The van der Waals surface area contributed by atoms with Crippen molar-refractivity contribution in [3.8, 4) is 0 Å². The molecule has 0 bridgehead atoms. The van der Waals surface area contributed by atoms with Crippen molar-refractivity contribution in [2.45, 2.75) is 26.3 Å². The van der Waals surface area contributed by atoms with Crippen LogP contribution in [-0.2, 0) is 0 Å². The van der Waals surface area contributed by atoms with Gasteiger partial charge in [0.15, 0.2) is 0 Å². The molecule has 4 N–H and O–H groups in total. The highest BCUT2D eigenvalue weighted by atomic mass is 16.3. The first kappa shape index (κ1) is 13.7. The van der Waals surface area contributed by atoms with Gasteiger partial charge in [0, 0.05) is 12.1 Å². The van der Waals surface area contributed by atoms with Gasteiger partial charge in [-0.3, -0.25) is 0 Å². The Balaban J connectivity index is 2.78. The molecule has 1 heterocycles. The summed E-state index contributed by atoms with van der Waals surface area (Å²) in [7, 11) is 0. The smallest absolute Gasteiger partial charge is 0.134 e. The normalized spacial score (nSPS) is 10.6. The third-order valence-corrected chi connectivity index (χ3v) is 2.41. The van der Waals surface area contributed by atoms with Gasteiger partial charge in [-0.15, -0.1) is 0 Å². The highest BCUT2D eigenvalue weighted by Crippen LogP contribution is 2.18. The molecular weight excluding hydrogens is 220 g/mol. The van der Waals surface area contributed by atoms with E-state index in [1.807, 2.05) is 6.92 Å². The molecule has 0 fully saturated rings. The van der Waals surface area contributed by atoms with Gasteiger partial charge in [-0.1, -0.05) is 6.92 Å². The van der Waals surface area contributed by atoms with Gasteiger partial charge in [0.1, 0.15) is 18.0 Å². The summed E-state index contributed by atoms with van der Waals surface area (Å²) in [6.07, 6.45) is 2.47. The number of aliphatic hydroxyl groups is 2. The number of hydrogen-bond donors (Lipinski definition) is 4. The lowest BCUT2D eigenvalue weighted by molar-refractivity contribution is 0.203. The minimum Gasteiger partial charge on any atom is -0.394 e. The number of aromatic nitrogens is 2. The molecule has 96 valence electrons. The number of nitrogens with zero attached hydrogens (tertiary/aromatic N) is 2. The zero-order valence-electron chi connectivity index (χ0n) is 10.3. The first-order valence-corrected chi connectivity index (χ1v) is 5.76. The van der Waals surface area contributed by atoms with Crippen molar-refractivity contribution < 1.29 is 10.2 Å². The first-order chi connectivity index (χ1) is 8.22. The Hall–Kier alpha value is -1.40. The summed E-state index contributed by atoms with van der Waals surface area (Å²) < 4.78 is 0. The molecule has 0 atom stereocenters. The van der Waals surface area contributed by atoms with Gasteiger partial charge in [-0.25, -0.2) is 9.97 Å². The zero-order valence-corrected chi connectivity index (χ0v) is 10.3. The van der Waals surface area contributed by atoms with Gasteiger partial charge in [0.25, 0.3) is 0 Å². The van der Waals surface area contributed by atoms with Crippen molar-refractivity contribution in [1.82, 2.24) is 9.97 Å². The zero-order chi connectivity index (χ0) is 12.7. The third-order valence-electron chi connectivity index (χ3n) is 2.41. The van der Waals surface area contributed by atoms with Crippen LogP contribution in [0.15, 0.2) is 6.33 Å². The van der Waals surface area contributed by atoms with Crippen molar-refractivity contribution >= 4 is 11.6 Å². The monoisotopic (exact) mass is 240 g/mol. The predicted molar refractivity (Wildman–Crippen MR) is 67.1 cm³/mol. The lowest BCUT2D eigenvalue weighted by Gasteiger charge is -2.17. The lowest BCUT2D eigenvalue weighted by Crippen LogP contribution is -2.28. The summed E-state index contributed by atoms with van der Waals surface area (Å²) >= 11 is 0. The van der Waals surface area contributed by atoms with Gasteiger partial charge in [-0.2, -0.15) is 0 Å². The quantitative estimate of drug-likeness (QED) is 0.550. The maximum absolute atomic E-state index is 9.01. The molecule has 0 aliphatic carbocycles. The molecule has 17 heavy (non-hydrogen) atoms. The molecule has 0 saturated heterocycles. The fourth-order valence-electron chi connectivity index (χ4n) is 1.36. The van der Waals surface area contributed by atoms with Crippen LogP contribution in [0.1, 0.15) is 18.9 Å². The van der Waals surface area contributed by atoms with Crippen LogP contribution in [0, 0.1) is 6.92 Å². The second-order valence-electron chi connectivity index (χ2n) is 3.83. The van der Waals surface area contributed by atoms with Crippen molar-refractivity contribution in [1.29, 1.82) is 0 Å². The van der Waals surface area contributed by atoms with Gasteiger partial charge in [0.05, 0.1) is 19.3 Å². The van der Waals surface area contributed by atoms with Crippen LogP contribution in [0.2, 0.25) is 0 Å². The summed E-state index contributed by atoms with van der Waals surface area (Å²) in [4.78, 5) is 8.25. The molecule has 0 aliphatic heterocycles. The van der Waals surface area contributed by atoms with Gasteiger partial charge >= 0.3 is 0 Å². The summed E-state index contributed by atoms with van der Waals surface area (Å²) in [5.41, 5.74) is 0.882. The SMILES string of the molecule is CCCNc1ncnc(NC(CO)CO)c1C. The van der Waals surface area contributed by atoms with Gasteiger partial charge in [0.2, 0.25) is 0 Å². The summed E-state index contributed by atoms with van der Waals surface area (Å²) in [6.45, 7) is 4.54. The average Bonchev–Trinajstić information content (AvgIpc) is 2.36. The largest absolute Gasteiger partial charge is 0.394 e. The van der Waals surface area contributed by atoms with Crippen LogP contribution in [0.3, 0.4) is 0 Å². The Morgan fingerprint density at radius 2 is 1.88 bits per heavy atom. The van der Waals surface area contributed by atoms with E-state index in [1.165, 1.54) is 6.33 Å². The average molecular weight is 240 g/mol. The van der Waals surface area contributed by atoms with Crippen molar-refractivity contribution in [2.75, 3.05) is 30.4 Å². The van der Waals surface area contributed by atoms with E-state index in [2.05, 4.69) is 27.5 Å². The van der Waals surface area contributed by atoms with Crippen LogP contribution >= 0.6 is 0 Å². The van der Waals surface area contributed by atoms with E-state index in [1.54, 1.807) is 0 Å². The Kier molecular flexibility index (Phi) is 5.65. The van der Waals surface area contributed by atoms with Crippen LogP contribution in [0.25, 0.3) is 0 Å². The number of hydrogen-bond acceptors (Lipinski definition) is 6. The van der Waals surface area contributed by atoms with Crippen LogP contribution in [-0.4, -0.2) is 46.0 Å². The van der Waals surface area contributed by atoms with Crippen LogP contribution < -0.4 is 10.6 Å². The van der Waals surface area contributed by atoms with Crippen molar-refractivity contribution in [3.05, 3.63) is 11.9 Å². The molecule has 6 heteroatoms. The molecular formula is C11H20N4O2. The molecule has 1 aromatic rings. The minimum atomic E-state index is -0.400. The van der Waals surface area contributed by atoms with Crippen molar-refractivity contribution in [2.24, 2.45) is 0 Å². The Morgan fingerprint density at radius 1 is 1.24 bits per heavy atom. The highest BCUT2D eigenvalue weighted by Gasteiger charge is 2.11. The Labute approximate surface area is 101 Å². The van der Waals surface area contributed by atoms with E-state index in [4.69, 9.17) is 10.2 Å². The fraction of sp³-hybridized carbons (Fsp3) is 0.636. The second kappa shape index (κ2) is 7.03. The van der Waals surface area contributed by atoms with Crippen molar-refractivity contribution in [3.63, 3.8) is 0 Å². The predicted octanol–water partition coefficient (Wildman–Crippen LogP) is 0.372. The van der Waals surface area contributed by atoms with E-state index >= 15 is 0 Å².